The monoisotopic (exact) mass is 323 g/mol. The Morgan fingerprint density at radius 3 is 2.83 bits per heavy atom. The van der Waals surface area contributed by atoms with Crippen LogP contribution in [0.1, 0.15) is 15.9 Å². The minimum absolute atomic E-state index is 0.375. The van der Waals surface area contributed by atoms with Gasteiger partial charge in [-0.2, -0.15) is 0 Å². The summed E-state index contributed by atoms with van der Waals surface area (Å²) in [6.45, 7) is 0. The van der Waals surface area contributed by atoms with Crippen molar-refractivity contribution in [2.75, 3.05) is 7.11 Å². The van der Waals surface area contributed by atoms with Gasteiger partial charge in [-0.1, -0.05) is 6.07 Å². The predicted octanol–water partition coefficient (Wildman–Crippen LogP) is 3.06. The molecule has 0 radical (unpaired) electrons. The van der Waals surface area contributed by atoms with E-state index in [0.717, 1.165) is 11.7 Å². The van der Waals surface area contributed by atoms with Crippen molar-refractivity contribution < 1.29 is 14.5 Å². The van der Waals surface area contributed by atoms with E-state index in [-0.39, 0.29) is 0 Å². The molecule has 120 valence electrons. The molecule has 3 aromatic rings. The zero-order valence-corrected chi connectivity index (χ0v) is 12.7. The van der Waals surface area contributed by atoms with Gasteiger partial charge in [-0.15, -0.1) is 0 Å². The zero-order valence-electron chi connectivity index (χ0n) is 12.7. The van der Waals surface area contributed by atoms with Crippen LogP contribution in [0.3, 0.4) is 0 Å². The minimum atomic E-state index is -0.534. The Kier molecular flexibility index (Phi) is 4.07. The molecule has 0 saturated carbocycles. The van der Waals surface area contributed by atoms with Crippen molar-refractivity contribution in [3.8, 4) is 5.82 Å². The van der Waals surface area contributed by atoms with Gasteiger partial charge in [-0.25, -0.2) is 9.78 Å². The van der Waals surface area contributed by atoms with Crippen molar-refractivity contribution in [3.05, 3.63) is 76.2 Å². The highest BCUT2D eigenvalue weighted by atomic mass is 16.6. The molecule has 0 unspecified atom stereocenters. The molecular weight excluding hydrogens is 310 g/mol. The molecule has 2 heterocycles. The molecule has 7 nitrogen and oxygen atoms in total. The number of ether oxygens (including phenoxy) is 1. The van der Waals surface area contributed by atoms with Gasteiger partial charge in [0.15, 0.2) is 0 Å². The van der Waals surface area contributed by atoms with Gasteiger partial charge >= 0.3 is 5.97 Å². The molecule has 0 aliphatic heterocycles. The van der Waals surface area contributed by atoms with E-state index in [1.165, 1.54) is 13.2 Å². The third-order valence-electron chi connectivity index (χ3n) is 3.53. The molecular formula is C17H13N3O4. The highest BCUT2D eigenvalue weighted by molar-refractivity contribution is 5.98. The normalized spacial score (nSPS) is 11.0. The number of nitro groups is 1. The number of carbonyl (C=O) groups excluding carboxylic acids is 1. The van der Waals surface area contributed by atoms with E-state index in [4.69, 9.17) is 4.74 Å². The van der Waals surface area contributed by atoms with Crippen LogP contribution >= 0.6 is 0 Å². The number of hydrogen-bond donors (Lipinski definition) is 0. The summed E-state index contributed by atoms with van der Waals surface area (Å²) >= 11 is 0. The average Bonchev–Trinajstić information content (AvgIpc) is 2.98. The SMILES string of the molecule is COC(=O)c1ccc2c(c1)c(C=C[N+](=O)[O-])cn2-c1ccccn1. The molecule has 0 amide bonds. The number of aromatic nitrogens is 2. The molecule has 3 rings (SSSR count). The maximum atomic E-state index is 11.7. The molecule has 24 heavy (non-hydrogen) atoms. The minimum Gasteiger partial charge on any atom is -0.465 e. The van der Waals surface area contributed by atoms with Crippen LogP contribution in [0, 0.1) is 10.1 Å². The van der Waals surface area contributed by atoms with Gasteiger partial charge in [0.25, 0.3) is 0 Å². The Morgan fingerprint density at radius 1 is 1.33 bits per heavy atom. The molecule has 0 spiro atoms. The summed E-state index contributed by atoms with van der Waals surface area (Å²) in [7, 11) is 1.30. The number of carbonyl (C=O) groups is 1. The number of esters is 1. The smallest absolute Gasteiger partial charge is 0.337 e. The number of rotatable bonds is 4. The van der Waals surface area contributed by atoms with Gasteiger partial charge in [-0.05, 0) is 30.3 Å². The summed E-state index contributed by atoms with van der Waals surface area (Å²) < 4.78 is 6.55. The van der Waals surface area contributed by atoms with E-state index in [9.17, 15) is 14.9 Å². The summed E-state index contributed by atoms with van der Waals surface area (Å²) in [6, 6.07) is 10.5. The predicted molar refractivity (Wildman–Crippen MR) is 88.4 cm³/mol. The van der Waals surface area contributed by atoms with Crippen LogP contribution in [-0.4, -0.2) is 27.6 Å². The first-order valence-electron chi connectivity index (χ1n) is 7.06. The highest BCUT2D eigenvalue weighted by Crippen LogP contribution is 2.26. The Morgan fingerprint density at radius 2 is 2.17 bits per heavy atom. The van der Waals surface area contributed by atoms with Crippen molar-refractivity contribution in [2.45, 2.75) is 0 Å². The summed E-state index contributed by atoms with van der Waals surface area (Å²) in [6.07, 6.45) is 5.66. The van der Waals surface area contributed by atoms with E-state index in [2.05, 4.69) is 4.98 Å². The number of nitrogens with zero attached hydrogens (tertiary/aromatic N) is 3. The number of benzene rings is 1. The summed E-state index contributed by atoms with van der Waals surface area (Å²) in [5.41, 5.74) is 1.77. The van der Waals surface area contributed by atoms with E-state index >= 15 is 0 Å². The fourth-order valence-electron chi connectivity index (χ4n) is 2.46. The van der Waals surface area contributed by atoms with Gasteiger partial charge in [0.05, 0.1) is 23.1 Å². The first kappa shape index (κ1) is 15.4. The van der Waals surface area contributed by atoms with Crippen LogP contribution in [0.25, 0.3) is 22.8 Å². The van der Waals surface area contributed by atoms with Crippen molar-refractivity contribution in [3.63, 3.8) is 0 Å². The topological polar surface area (TPSA) is 87.3 Å². The first-order chi connectivity index (χ1) is 11.6. The van der Waals surface area contributed by atoms with E-state index < -0.39 is 10.9 Å². The van der Waals surface area contributed by atoms with Crippen molar-refractivity contribution in [1.29, 1.82) is 0 Å². The largest absolute Gasteiger partial charge is 0.465 e. The second-order valence-corrected chi connectivity index (χ2v) is 4.97. The van der Waals surface area contributed by atoms with Gasteiger partial charge in [0.2, 0.25) is 6.20 Å². The van der Waals surface area contributed by atoms with Crippen molar-refractivity contribution in [2.24, 2.45) is 0 Å². The average molecular weight is 323 g/mol. The highest BCUT2D eigenvalue weighted by Gasteiger charge is 2.13. The number of pyridine rings is 1. The molecule has 7 heteroatoms. The Balaban J connectivity index is 2.23. The number of fused-ring (bicyclic) bond motifs is 1. The lowest BCUT2D eigenvalue weighted by Gasteiger charge is -2.04. The van der Waals surface area contributed by atoms with Crippen LogP contribution in [0.2, 0.25) is 0 Å². The lowest BCUT2D eigenvalue weighted by Crippen LogP contribution is -2.01. The van der Waals surface area contributed by atoms with Crippen LogP contribution in [0.5, 0.6) is 0 Å². The molecule has 0 bridgehead atoms. The summed E-state index contributed by atoms with van der Waals surface area (Å²) in [4.78, 5) is 26.1. The lowest BCUT2D eigenvalue weighted by atomic mass is 10.1. The van der Waals surface area contributed by atoms with Gasteiger partial charge in [0.1, 0.15) is 5.82 Å². The third-order valence-corrected chi connectivity index (χ3v) is 3.53. The molecule has 0 N–H and O–H groups in total. The van der Waals surface area contributed by atoms with Gasteiger partial charge in [0, 0.05) is 29.4 Å². The molecule has 0 aliphatic rings. The van der Waals surface area contributed by atoms with Crippen molar-refractivity contribution in [1.82, 2.24) is 9.55 Å². The Hall–Kier alpha value is -3.48. The second-order valence-electron chi connectivity index (χ2n) is 4.97. The van der Waals surface area contributed by atoms with Gasteiger partial charge in [-0.3, -0.25) is 10.1 Å². The molecule has 0 fully saturated rings. The fraction of sp³-hybridized carbons (Fsp3) is 0.0588. The van der Waals surface area contributed by atoms with Crippen LogP contribution in [0.4, 0.5) is 0 Å². The van der Waals surface area contributed by atoms with E-state index in [1.54, 1.807) is 36.7 Å². The van der Waals surface area contributed by atoms with E-state index in [1.807, 2.05) is 16.7 Å². The number of methoxy groups -OCH3 is 1. The molecule has 2 aromatic heterocycles. The quantitative estimate of drug-likeness (QED) is 0.418. The molecule has 1 aromatic carbocycles. The summed E-state index contributed by atoms with van der Waals surface area (Å²) in [5.74, 6) is 0.209. The van der Waals surface area contributed by atoms with Gasteiger partial charge < -0.3 is 9.30 Å². The van der Waals surface area contributed by atoms with Crippen LogP contribution in [0.15, 0.2) is 55.0 Å². The van der Waals surface area contributed by atoms with Crippen LogP contribution in [-0.2, 0) is 4.74 Å². The Bertz CT molecular complexity index is 945. The van der Waals surface area contributed by atoms with E-state index in [0.29, 0.717) is 22.3 Å². The molecule has 0 aliphatic carbocycles. The standard InChI is InChI=1S/C17H13N3O4/c1-24-17(21)12-5-6-15-14(10-12)13(7-9-20(22)23)11-19(15)16-4-2-3-8-18-16/h2-11H,1H3. The third kappa shape index (κ3) is 2.87. The van der Waals surface area contributed by atoms with Crippen molar-refractivity contribution >= 4 is 22.9 Å². The number of hydrogen-bond acceptors (Lipinski definition) is 5. The Labute approximate surface area is 137 Å². The molecule has 0 saturated heterocycles. The first-order valence-corrected chi connectivity index (χ1v) is 7.06. The van der Waals surface area contributed by atoms with Crippen LogP contribution < -0.4 is 0 Å². The summed E-state index contributed by atoms with van der Waals surface area (Å²) in [5, 5.41) is 11.3. The maximum absolute atomic E-state index is 11.7. The zero-order chi connectivity index (χ0) is 17.1. The molecule has 0 atom stereocenters. The maximum Gasteiger partial charge on any atom is 0.337 e. The fourth-order valence-corrected chi connectivity index (χ4v) is 2.46. The second kappa shape index (κ2) is 6.33. The lowest BCUT2D eigenvalue weighted by molar-refractivity contribution is -0.400.